The molecule has 0 unspecified atom stereocenters. The lowest BCUT2D eigenvalue weighted by Gasteiger charge is -2.23. The number of carbonyl (C=O) groups excluding carboxylic acids is 2. The van der Waals surface area contributed by atoms with Crippen molar-refractivity contribution in [1.29, 1.82) is 15.8 Å². The van der Waals surface area contributed by atoms with Gasteiger partial charge in [-0.25, -0.2) is 4.90 Å². The van der Waals surface area contributed by atoms with E-state index in [9.17, 15) is 25.4 Å². The molecule has 2 amide bonds. The third-order valence-electron chi connectivity index (χ3n) is 6.63. The van der Waals surface area contributed by atoms with E-state index in [1.54, 1.807) is 30.3 Å². The lowest BCUT2D eigenvalue weighted by molar-refractivity contribution is 0.0707. The Balaban J connectivity index is 1.95. The monoisotopic (exact) mass is 539 g/mol. The second kappa shape index (κ2) is 14.7. The predicted octanol–water partition coefficient (Wildman–Crippen LogP) is 7.22. The molecule has 0 saturated heterocycles. The average molecular weight is 540 g/mol. The highest BCUT2D eigenvalue weighted by molar-refractivity contribution is 7.16. The first-order valence-electron chi connectivity index (χ1n) is 13.5. The van der Waals surface area contributed by atoms with Gasteiger partial charge >= 0.3 is 0 Å². The summed E-state index contributed by atoms with van der Waals surface area (Å²) in [6.45, 7) is 6.30. The summed E-state index contributed by atoms with van der Waals surface area (Å²) in [5.74, 6) is -1.32. The molecule has 1 aliphatic rings. The molecule has 1 aliphatic heterocycles. The second-order valence-corrected chi connectivity index (χ2v) is 10.5. The van der Waals surface area contributed by atoms with Crippen molar-refractivity contribution in [2.45, 2.75) is 65.2 Å². The van der Waals surface area contributed by atoms with Crippen molar-refractivity contribution in [1.82, 2.24) is 4.90 Å². The first kappa shape index (κ1) is 29.4. The van der Waals surface area contributed by atoms with Crippen molar-refractivity contribution >= 4 is 34.2 Å². The van der Waals surface area contributed by atoms with Crippen LogP contribution in [0.2, 0.25) is 0 Å². The SMILES string of the molecule is CCCCCCN(CCCCCC)c1ccc(/C=C(\C#N)C(=C(C#N)C#N)N2C(=O)c3ccccc3C2=O)s1. The summed E-state index contributed by atoms with van der Waals surface area (Å²) in [5, 5.41) is 30.5. The zero-order valence-electron chi connectivity index (χ0n) is 22.6. The lowest BCUT2D eigenvalue weighted by atomic mass is 10.1. The van der Waals surface area contributed by atoms with Crippen molar-refractivity contribution in [3.05, 3.63) is 69.2 Å². The molecule has 2 heterocycles. The van der Waals surface area contributed by atoms with Crippen LogP contribution in [0.4, 0.5) is 5.00 Å². The summed E-state index contributed by atoms with van der Waals surface area (Å²) in [4.78, 5) is 30.2. The van der Waals surface area contributed by atoms with Gasteiger partial charge in [-0.05, 0) is 43.2 Å². The molecule has 0 saturated carbocycles. The minimum absolute atomic E-state index is 0.0894. The average Bonchev–Trinajstić information content (AvgIpc) is 3.52. The summed E-state index contributed by atoms with van der Waals surface area (Å²) in [6.07, 6.45) is 10.9. The van der Waals surface area contributed by atoms with E-state index in [4.69, 9.17) is 0 Å². The van der Waals surface area contributed by atoms with Crippen LogP contribution < -0.4 is 4.90 Å². The molecule has 1 aromatic carbocycles. The van der Waals surface area contributed by atoms with Gasteiger partial charge in [-0.1, -0.05) is 64.5 Å². The third kappa shape index (κ3) is 7.02. The maximum Gasteiger partial charge on any atom is 0.266 e. The fourth-order valence-corrected chi connectivity index (χ4v) is 5.57. The number of benzene rings is 1. The number of unbranched alkanes of at least 4 members (excludes halogenated alkanes) is 6. The fraction of sp³-hybridized carbons (Fsp3) is 0.387. The van der Waals surface area contributed by atoms with E-state index in [1.807, 2.05) is 18.2 Å². The van der Waals surface area contributed by atoms with Crippen LogP contribution in [-0.4, -0.2) is 29.8 Å². The molecule has 3 rings (SSSR count). The molecule has 8 heteroatoms. The number of imide groups is 1. The highest BCUT2D eigenvalue weighted by Gasteiger charge is 2.40. The number of fused-ring (bicyclic) bond motifs is 1. The summed E-state index contributed by atoms with van der Waals surface area (Å²) in [6, 6.07) is 15.8. The Morgan fingerprint density at radius 1 is 0.821 bits per heavy atom. The highest BCUT2D eigenvalue weighted by Crippen LogP contribution is 2.34. The van der Waals surface area contributed by atoms with Gasteiger partial charge in [0, 0.05) is 18.0 Å². The fourth-order valence-electron chi connectivity index (χ4n) is 4.57. The topological polar surface area (TPSA) is 112 Å². The van der Waals surface area contributed by atoms with Crippen molar-refractivity contribution in [3.8, 4) is 18.2 Å². The first-order chi connectivity index (χ1) is 19.0. The van der Waals surface area contributed by atoms with Crippen molar-refractivity contribution in [2.24, 2.45) is 0 Å². The number of hydrogen-bond donors (Lipinski definition) is 0. The molecule has 39 heavy (non-hydrogen) atoms. The van der Waals surface area contributed by atoms with Gasteiger partial charge in [-0.15, -0.1) is 11.3 Å². The maximum absolute atomic E-state index is 13.2. The molecule has 1 aromatic heterocycles. The zero-order valence-corrected chi connectivity index (χ0v) is 23.4. The minimum atomic E-state index is -0.660. The van der Waals surface area contributed by atoms with Crippen molar-refractivity contribution in [2.75, 3.05) is 18.0 Å². The van der Waals surface area contributed by atoms with Gasteiger partial charge in [-0.3, -0.25) is 9.59 Å². The molecule has 0 atom stereocenters. The van der Waals surface area contributed by atoms with Gasteiger partial charge in [0.25, 0.3) is 11.8 Å². The van der Waals surface area contributed by atoms with Crippen LogP contribution in [0.25, 0.3) is 6.08 Å². The molecule has 0 radical (unpaired) electrons. The summed E-state index contributed by atoms with van der Waals surface area (Å²) >= 11 is 1.51. The molecule has 0 spiro atoms. The number of allylic oxidation sites excluding steroid dienone is 2. The largest absolute Gasteiger partial charge is 0.363 e. The molecule has 7 nitrogen and oxygen atoms in total. The standard InChI is InChI=1S/C31H33N5O2S/c1-3-5-7-11-17-35(18-12-8-6-4-2)28-16-15-25(39-28)19-23(20-32)29(24(21-33)22-34)36-30(37)26-13-9-10-14-27(26)31(36)38/h9-10,13-16,19H,3-8,11-12,17-18H2,1-2H3/b23-19+. The van der Waals surface area contributed by atoms with Gasteiger partial charge < -0.3 is 4.90 Å². The zero-order chi connectivity index (χ0) is 28.2. The van der Waals surface area contributed by atoms with Crippen LogP contribution in [0.15, 0.2) is 53.2 Å². The van der Waals surface area contributed by atoms with Gasteiger partial charge in [0.2, 0.25) is 0 Å². The predicted molar refractivity (Wildman–Crippen MR) is 154 cm³/mol. The molecular weight excluding hydrogens is 506 g/mol. The number of hydrogen-bond acceptors (Lipinski definition) is 7. The number of carbonyl (C=O) groups is 2. The van der Waals surface area contributed by atoms with Crippen LogP contribution in [-0.2, 0) is 0 Å². The molecule has 0 fully saturated rings. The molecule has 0 N–H and O–H groups in total. The number of rotatable bonds is 14. The molecule has 0 aliphatic carbocycles. The van der Waals surface area contributed by atoms with Crippen molar-refractivity contribution < 1.29 is 9.59 Å². The van der Waals surface area contributed by atoms with Crippen LogP contribution in [0.5, 0.6) is 0 Å². The molecule has 2 aromatic rings. The Kier molecular flexibility index (Phi) is 11.0. The lowest BCUT2D eigenvalue weighted by Crippen LogP contribution is -2.30. The van der Waals surface area contributed by atoms with Gasteiger partial charge in [0.1, 0.15) is 18.2 Å². The minimum Gasteiger partial charge on any atom is -0.363 e. The Morgan fingerprint density at radius 2 is 1.38 bits per heavy atom. The van der Waals surface area contributed by atoms with Gasteiger partial charge in [0.15, 0.2) is 5.57 Å². The quantitative estimate of drug-likeness (QED) is 0.108. The highest BCUT2D eigenvalue weighted by atomic mass is 32.1. The van der Waals surface area contributed by atoms with E-state index in [0.717, 1.165) is 40.7 Å². The smallest absolute Gasteiger partial charge is 0.266 e. The Labute approximate surface area is 234 Å². The maximum atomic E-state index is 13.2. The summed E-state index contributed by atoms with van der Waals surface area (Å²) in [5.41, 5.74) is -0.490. The van der Waals surface area contributed by atoms with Gasteiger partial charge in [-0.2, -0.15) is 15.8 Å². The number of nitriles is 3. The second-order valence-electron chi connectivity index (χ2n) is 9.39. The Morgan fingerprint density at radius 3 is 1.87 bits per heavy atom. The third-order valence-corrected chi connectivity index (χ3v) is 7.72. The van der Waals surface area contributed by atoms with E-state index in [-0.39, 0.29) is 22.4 Å². The first-order valence-corrected chi connectivity index (χ1v) is 14.3. The molecule has 200 valence electrons. The number of amides is 2. The van der Waals surface area contributed by atoms with E-state index in [0.29, 0.717) is 0 Å². The number of nitrogens with zero attached hydrogens (tertiary/aromatic N) is 5. The van der Waals surface area contributed by atoms with E-state index < -0.39 is 17.4 Å². The van der Waals surface area contributed by atoms with Crippen molar-refractivity contribution in [3.63, 3.8) is 0 Å². The Bertz CT molecular complexity index is 1320. The van der Waals surface area contributed by atoms with E-state index in [2.05, 4.69) is 18.7 Å². The number of anilines is 1. The summed E-state index contributed by atoms with van der Waals surface area (Å²) < 4.78 is 0. The normalized spacial score (nSPS) is 12.5. The molecule has 0 bridgehead atoms. The van der Waals surface area contributed by atoms with Crippen LogP contribution in [0.1, 0.15) is 90.8 Å². The van der Waals surface area contributed by atoms with Crippen LogP contribution in [0.3, 0.4) is 0 Å². The summed E-state index contributed by atoms with van der Waals surface area (Å²) in [7, 11) is 0. The van der Waals surface area contributed by atoms with E-state index >= 15 is 0 Å². The van der Waals surface area contributed by atoms with Gasteiger partial charge in [0.05, 0.1) is 27.4 Å². The van der Waals surface area contributed by atoms with Crippen LogP contribution >= 0.6 is 11.3 Å². The van der Waals surface area contributed by atoms with Crippen LogP contribution in [0, 0.1) is 34.0 Å². The number of thiophene rings is 1. The molecular formula is C31H33N5O2S. The van der Waals surface area contributed by atoms with E-state index in [1.165, 1.54) is 62.0 Å². The Hall–Kier alpha value is -4.19.